The average Bonchev–Trinajstić information content (AvgIpc) is 3.16. The fourth-order valence-electron chi connectivity index (χ4n) is 3.55. The van der Waals surface area contributed by atoms with Crippen LogP contribution in [0.1, 0.15) is 32.9 Å². The van der Waals surface area contributed by atoms with Gasteiger partial charge in [0.05, 0.1) is 6.21 Å². The predicted octanol–water partition coefficient (Wildman–Crippen LogP) is 6.20. The predicted molar refractivity (Wildman–Crippen MR) is 135 cm³/mol. The van der Waals surface area contributed by atoms with Crippen molar-refractivity contribution in [2.75, 3.05) is 0 Å². The number of hydrogen-bond donors (Lipinski definition) is 1. The number of ether oxygens (including phenoxy) is 1. The fraction of sp³-hybridized carbons (Fsp3) is 0.111. The van der Waals surface area contributed by atoms with E-state index in [9.17, 15) is 4.79 Å². The molecule has 0 fully saturated rings. The van der Waals surface area contributed by atoms with Gasteiger partial charge in [-0.05, 0) is 85.6 Å². The van der Waals surface area contributed by atoms with Crippen molar-refractivity contribution in [1.29, 1.82) is 0 Å². The zero-order valence-corrected chi connectivity index (χ0v) is 20.0. The summed E-state index contributed by atoms with van der Waals surface area (Å²) in [5.41, 5.74) is 8.36. The van der Waals surface area contributed by atoms with Crippen molar-refractivity contribution in [1.82, 2.24) is 9.99 Å². The standard InChI is InChI=1S/C27H24BrN3O2/c1-19-9-10-20(2)31(19)25-13-11-23(12-14-25)27(32)30-29-17-21-5-4-8-26(16-21)33-18-22-6-3-7-24(28)15-22/h3-17H,18H2,1-2H3,(H,30,32)/b29-17+. The Morgan fingerprint density at radius 2 is 1.70 bits per heavy atom. The van der Waals surface area contributed by atoms with Crippen molar-refractivity contribution in [3.05, 3.63) is 117 Å². The summed E-state index contributed by atoms with van der Waals surface area (Å²) in [6.07, 6.45) is 1.60. The van der Waals surface area contributed by atoms with Gasteiger partial charge < -0.3 is 9.30 Å². The van der Waals surface area contributed by atoms with E-state index in [1.807, 2.05) is 60.7 Å². The molecule has 4 aromatic rings. The maximum atomic E-state index is 12.5. The van der Waals surface area contributed by atoms with E-state index in [2.05, 4.69) is 57.0 Å². The van der Waals surface area contributed by atoms with Crippen LogP contribution in [0.25, 0.3) is 5.69 Å². The molecule has 0 unspecified atom stereocenters. The Morgan fingerprint density at radius 1 is 0.970 bits per heavy atom. The number of rotatable bonds is 7. The number of carbonyl (C=O) groups is 1. The Kier molecular flexibility index (Phi) is 7.05. The number of nitrogens with zero attached hydrogens (tertiary/aromatic N) is 2. The van der Waals surface area contributed by atoms with Gasteiger partial charge in [0.1, 0.15) is 12.4 Å². The highest BCUT2D eigenvalue weighted by atomic mass is 79.9. The molecule has 1 heterocycles. The molecule has 6 heteroatoms. The number of aromatic nitrogens is 1. The third-order valence-electron chi connectivity index (χ3n) is 5.19. The molecule has 0 aliphatic rings. The molecule has 166 valence electrons. The van der Waals surface area contributed by atoms with Crippen LogP contribution in [-0.2, 0) is 6.61 Å². The quantitative estimate of drug-likeness (QED) is 0.242. The molecule has 0 saturated heterocycles. The van der Waals surface area contributed by atoms with Gasteiger partial charge in [0.2, 0.25) is 0 Å². The molecule has 1 amide bonds. The number of hydrazone groups is 1. The highest BCUT2D eigenvalue weighted by Gasteiger charge is 2.07. The van der Waals surface area contributed by atoms with Crippen molar-refractivity contribution in [3.8, 4) is 11.4 Å². The summed E-state index contributed by atoms with van der Waals surface area (Å²) in [7, 11) is 0. The SMILES string of the molecule is Cc1ccc(C)n1-c1ccc(C(=O)N/N=C/c2cccc(OCc3cccc(Br)c3)c2)cc1. The second kappa shape index (κ2) is 10.3. The Morgan fingerprint density at radius 3 is 2.42 bits per heavy atom. The summed E-state index contributed by atoms with van der Waals surface area (Å²) in [4.78, 5) is 12.5. The van der Waals surface area contributed by atoms with Gasteiger partial charge in [0, 0.05) is 27.1 Å². The maximum absolute atomic E-state index is 12.5. The molecule has 0 aliphatic carbocycles. The summed E-state index contributed by atoms with van der Waals surface area (Å²) < 4.78 is 9.03. The van der Waals surface area contributed by atoms with E-state index in [0.717, 1.165) is 38.4 Å². The second-order valence-electron chi connectivity index (χ2n) is 7.69. The van der Waals surface area contributed by atoms with Crippen molar-refractivity contribution < 1.29 is 9.53 Å². The Labute approximate surface area is 201 Å². The van der Waals surface area contributed by atoms with Crippen LogP contribution in [0.5, 0.6) is 5.75 Å². The molecule has 3 aromatic carbocycles. The summed E-state index contributed by atoms with van der Waals surface area (Å²) >= 11 is 3.47. The molecule has 5 nitrogen and oxygen atoms in total. The van der Waals surface area contributed by atoms with Crippen LogP contribution in [0.2, 0.25) is 0 Å². The molecule has 4 rings (SSSR count). The van der Waals surface area contributed by atoms with E-state index >= 15 is 0 Å². The summed E-state index contributed by atoms with van der Waals surface area (Å²) in [5.74, 6) is 0.470. The van der Waals surface area contributed by atoms with Crippen molar-refractivity contribution in [2.24, 2.45) is 5.10 Å². The third kappa shape index (κ3) is 5.79. The Bertz CT molecular complexity index is 1270. The molecule has 0 atom stereocenters. The van der Waals surface area contributed by atoms with Crippen LogP contribution in [0, 0.1) is 13.8 Å². The van der Waals surface area contributed by atoms with Crippen molar-refractivity contribution >= 4 is 28.1 Å². The van der Waals surface area contributed by atoms with Gasteiger partial charge in [-0.2, -0.15) is 5.10 Å². The number of halogens is 1. The molecule has 0 bridgehead atoms. The van der Waals surface area contributed by atoms with Gasteiger partial charge in [-0.15, -0.1) is 0 Å². The summed E-state index contributed by atoms with van der Waals surface area (Å²) in [5, 5.41) is 4.10. The van der Waals surface area contributed by atoms with Gasteiger partial charge in [-0.3, -0.25) is 4.79 Å². The highest BCUT2D eigenvalue weighted by molar-refractivity contribution is 9.10. The molecule has 0 saturated carbocycles. The monoisotopic (exact) mass is 501 g/mol. The van der Waals surface area contributed by atoms with E-state index in [1.54, 1.807) is 18.3 Å². The molecular formula is C27H24BrN3O2. The molecule has 0 radical (unpaired) electrons. The number of aryl methyl sites for hydroxylation is 2. The largest absolute Gasteiger partial charge is 0.489 e. The lowest BCUT2D eigenvalue weighted by molar-refractivity contribution is 0.0955. The second-order valence-corrected chi connectivity index (χ2v) is 8.60. The lowest BCUT2D eigenvalue weighted by atomic mass is 10.2. The smallest absolute Gasteiger partial charge is 0.271 e. The molecule has 0 aliphatic heterocycles. The first-order valence-electron chi connectivity index (χ1n) is 10.6. The number of hydrogen-bond acceptors (Lipinski definition) is 3. The van der Waals surface area contributed by atoms with Crippen LogP contribution in [0.15, 0.2) is 94.5 Å². The van der Waals surface area contributed by atoms with Crippen LogP contribution in [0.3, 0.4) is 0 Å². The van der Waals surface area contributed by atoms with Gasteiger partial charge in [-0.1, -0.05) is 40.2 Å². The zero-order chi connectivity index (χ0) is 23.2. The van der Waals surface area contributed by atoms with E-state index in [4.69, 9.17) is 4.74 Å². The third-order valence-corrected chi connectivity index (χ3v) is 5.68. The molecule has 33 heavy (non-hydrogen) atoms. The van der Waals surface area contributed by atoms with Gasteiger partial charge in [-0.25, -0.2) is 5.43 Å². The topological polar surface area (TPSA) is 55.6 Å². The summed E-state index contributed by atoms with van der Waals surface area (Å²) in [6, 6.07) is 27.2. The first kappa shape index (κ1) is 22.6. The summed E-state index contributed by atoms with van der Waals surface area (Å²) in [6.45, 7) is 4.58. The molecule has 1 N–H and O–H groups in total. The fourth-order valence-corrected chi connectivity index (χ4v) is 3.99. The number of carbonyl (C=O) groups excluding carboxylic acids is 1. The van der Waals surface area contributed by atoms with Gasteiger partial charge >= 0.3 is 0 Å². The lowest BCUT2D eigenvalue weighted by Gasteiger charge is -2.10. The first-order valence-corrected chi connectivity index (χ1v) is 11.3. The van der Waals surface area contributed by atoms with Crippen molar-refractivity contribution in [2.45, 2.75) is 20.5 Å². The van der Waals surface area contributed by atoms with Gasteiger partial charge in [0.25, 0.3) is 5.91 Å². The molecule has 1 aromatic heterocycles. The highest BCUT2D eigenvalue weighted by Crippen LogP contribution is 2.18. The van der Waals surface area contributed by atoms with Crippen LogP contribution < -0.4 is 10.2 Å². The first-order chi connectivity index (χ1) is 16.0. The number of nitrogens with one attached hydrogen (secondary N) is 1. The lowest BCUT2D eigenvalue weighted by Crippen LogP contribution is -2.17. The molecule has 0 spiro atoms. The number of benzene rings is 3. The van der Waals surface area contributed by atoms with Crippen molar-refractivity contribution in [3.63, 3.8) is 0 Å². The van der Waals surface area contributed by atoms with E-state index in [0.29, 0.717) is 12.2 Å². The normalized spacial score (nSPS) is 11.0. The van der Waals surface area contributed by atoms with Crippen LogP contribution >= 0.6 is 15.9 Å². The molecular weight excluding hydrogens is 478 g/mol. The average molecular weight is 502 g/mol. The van der Waals surface area contributed by atoms with Crippen LogP contribution in [0.4, 0.5) is 0 Å². The Hall–Kier alpha value is -3.64. The zero-order valence-electron chi connectivity index (χ0n) is 18.5. The maximum Gasteiger partial charge on any atom is 0.271 e. The van der Waals surface area contributed by atoms with E-state index in [1.165, 1.54) is 0 Å². The van der Waals surface area contributed by atoms with E-state index < -0.39 is 0 Å². The minimum atomic E-state index is -0.263. The minimum absolute atomic E-state index is 0.263. The van der Waals surface area contributed by atoms with Crippen LogP contribution in [-0.4, -0.2) is 16.7 Å². The Balaban J connectivity index is 1.35. The van der Waals surface area contributed by atoms with E-state index in [-0.39, 0.29) is 5.91 Å². The van der Waals surface area contributed by atoms with Gasteiger partial charge in [0.15, 0.2) is 0 Å². The number of amides is 1. The minimum Gasteiger partial charge on any atom is -0.489 e.